The van der Waals surface area contributed by atoms with Crippen molar-refractivity contribution in [2.45, 2.75) is 45.0 Å². The summed E-state index contributed by atoms with van der Waals surface area (Å²) in [7, 11) is -3.39. The van der Waals surface area contributed by atoms with Gasteiger partial charge in [0.2, 0.25) is 5.60 Å². The molecule has 19 heteroatoms. The minimum Gasteiger partial charge on any atom is -0.731 e. The van der Waals surface area contributed by atoms with Crippen LogP contribution in [0, 0.1) is 6.92 Å². The van der Waals surface area contributed by atoms with Crippen molar-refractivity contribution in [2.24, 2.45) is 12.2 Å². The smallest absolute Gasteiger partial charge is 0.350 e. The predicted molar refractivity (Wildman–Crippen MR) is 139 cm³/mol. The van der Waals surface area contributed by atoms with Crippen molar-refractivity contribution in [2.75, 3.05) is 5.73 Å². The molecule has 41 heavy (non-hydrogen) atoms. The van der Waals surface area contributed by atoms with E-state index < -0.39 is 51.5 Å². The number of nitrogens with one attached hydrogen (secondary N) is 1. The zero-order valence-corrected chi connectivity index (χ0v) is 23.7. The summed E-state index contributed by atoms with van der Waals surface area (Å²) in [5.74, 6) is -3.63. The Balaban J connectivity index is 1.61. The number of thiazole rings is 1. The number of pyridine rings is 1. The van der Waals surface area contributed by atoms with E-state index in [1.165, 1.54) is 30.1 Å². The molecule has 0 spiro atoms. The number of nitrogens with zero attached hydrogens (tertiary/aromatic N) is 7. The summed E-state index contributed by atoms with van der Waals surface area (Å²) in [6.45, 7) is 3.93. The number of aryl methyl sites for hydroxylation is 2. The van der Waals surface area contributed by atoms with E-state index >= 15 is 0 Å². The number of rotatable bonds is 10. The standard InChI is InChI=1S/C22H25N9O8S2/c1-11-7-29(4)6-5-12(11)13-8-30(28-26-13)9-15-17(19(33)31(15)41(36,37)38)25-18(32)16(14-10-40-21(23)24-14)27-39-22(2,3)20(34)35/h5-8,10,15,17H,9H2,1-4H3,(H4-,23,24,25,32,34,35,36,37,38)/t15?,17-/m0/s1. The number of nitrogens with two attached hydrogens (primary N) is 1. The number of carbonyl (C=O) groups is 3. The van der Waals surface area contributed by atoms with Gasteiger partial charge in [0.1, 0.15) is 24.5 Å². The van der Waals surface area contributed by atoms with Gasteiger partial charge in [-0.1, -0.05) is 10.4 Å². The molecule has 17 nitrogen and oxygen atoms in total. The summed E-state index contributed by atoms with van der Waals surface area (Å²) < 4.78 is 38.8. The summed E-state index contributed by atoms with van der Waals surface area (Å²) in [5.41, 5.74) is 5.29. The summed E-state index contributed by atoms with van der Waals surface area (Å²) >= 11 is 0.956. The number of hydrogen-bond donors (Lipinski definition) is 3. The average Bonchev–Trinajstić information content (AvgIpc) is 3.50. The molecule has 1 saturated heterocycles. The first-order valence-electron chi connectivity index (χ1n) is 11.8. The fourth-order valence-electron chi connectivity index (χ4n) is 3.87. The van der Waals surface area contributed by atoms with E-state index in [9.17, 15) is 32.5 Å². The molecule has 218 valence electrons. The minimum atomic E-state index is -5.25. The van der Waals surface area contributed by atoms with E-state index in [-0.39, 0.29) is 21.7 Å². The molecule has 1 aliphatic rings. The molecule has 4 heterocycles. The molecule has 1 fully saturated rings. The van der Waals surface area contributed by atoms with Gasteiger partial charge < -0.3 is 25.5 Å². The number of carbonyl (C=O) groups excluding carboxylic acids is 2. The van der Waals surface area contributed by atoms with Crippen molar-refractivity contribution in [3.63, 3.8) is 0 Å². The number of aliphatic carboxylic acids is 1. The van der Waals surface area contributed by atoms with Crippen LogP contribution in [-0.4, -0.2) is 83.5 Å². The third-order valence-corrected chi connectivity index (χ3v) is 7.65. The summed E-state index contributed by atoms with van der Waals surface area (Å²) in [6, 6.07) is -1.05. The maximum atomic E-state index is 13.2. The van der Waals surface area contributed by atoms with Crippen LogP contribution in [0.4, 0.5) is 5.13 Å². The first kappa shape index (κ1) is 29.5. The summed E-state index contributed by atoms with van der Waals surface area (Å²) in [5, 5.41) is 24.8. The molecule has 0 aromatic carbocycles. The summed E-state index contributed by atoms with van der Waals surface area (Å²) in [6.07, 6.45) is 5.18. The van der Waals surface area contributed by atoms with Crippen LogP contribution in [0.3, 0.4) is 0 Å². The Kier molecular flexibility index (Phi) is 7.78. The Bertz CT molecular complexity index is 1660. The Morgan fingerprint density at radius 2 is 2.10 bits per heavy atom. The van der Waals surface area contributed by atoms with Crippen molar-refractivity contribution < 1.29 is 41.9 Å². The van der Waals surface area contributed by atoms with E-state index in [0.717, 1.165) is 22.5 Å². The lowest BCUT2D eigenvalue weighted by molar-refractivity contribution is -0.671. The molecule has 0 radical (unpaired) electrons. The van der Waals surface area contributed by atoms with Gasteiger partial charge in [-0.25, -0.2) is 31.8 Å². The van der Waals surface area contributed by atoms with Crippen LogP contribution >= 0.6 is 11.3 Å². The van der Waals surface area contributed by atoms with Crippen molar-refractivity contribution in [1.29, 1.82) is 0 Å². The molecule has 2 amide bonds. The van der Waals surface area contributed by atoms with Crippen LogP contribution in [0.25, 0.3) is 11.3 Å². The maximum Gasteiger partial charge on any atom is 0.350 e. The number of amides is 2. The van der Waals surface area contributed by atoms with Gasteiger partial charge in [-0.15, -0.1) is 16.4 Å². The van der Waals surface area contributed by atoms with Crippen LogP contribution in [0.1, 0.15) is 25.1 Å². The quantitative estimate of drug-likeness (QED) is 0.0789. The van der Waals surface area contributed by atoms with Gasteiger partial charge in [0.25, 0.3) is 11.8 Å². The second-order valence-corrected chi connectivity index (χ2v) is 11.7. The Morgan fingerprint density at radius 3 is 2.68 bits per heavy atom. The van der Waals surface area contributed by atoms with Gasteiger partial charge in [0.05, 0.1) is 18.8 Å². The van der Waals surface area contributed by atoms with Crippen LogP contribution in [-0.2, 0) is 43.1 Å². The zero-order valence-electron chi connectivity index (χ0n) is 22.1. The highest BCUT2D eigenvalue weighted by atomic mass is 32.2. The summed E-state index contributed by atoms with van der Waals surface area (Å²) in [4.78, 5) is 46.3. The topological polar surface area (TPSA) is 239 Å². The number of carboxylic acid groups (broad SMARTS) is 1. The lowest BCUT2D eigenvalue weighted by Gasteiger charge is -2.47. The average molecular weight is 608 g/mol. The highest BCUT2D eigenvalue weighted by Gasteiger charge is 2.52. The number of hydrogen-bond acceptors (Lipinski definition) is 13. The molecule has 1 unspecified atom stereocenters. The SMILES string of the molecule is Cc1c[n+](C)ccc1-c1cn(CC2[C@H](NC(=O)C(=NOC(C)(C)C(=O)O)c3csc(N)n3)C(=O)N2S(=O)(=O)[O-])nn1. The van der Waals surface area contributed by atoms with Gasteiger partial charge in [0.15, 0.2) is 33.5 Å². The van der Waals surface area contributed by atoms with Crippen molar-refractivity contribution in [3.05, 3.63) is 41.3 Å². The van der Waals surface area contributed by atoms with Crippen molar-refractivity contribution >= 4 is 50.3 Å². The third-order valence-electron chi connectivity index (χ3n) is 6.04. The molecule has 0 saturated carbocycles. The van der Waals surface area contributed by atoms with Gasteiger partial charge >= 0.3 is 5.97 Å². The molecule has 3 aromatic rings. The first-order chi connectivity index (χ1) is 19.1. The molecule has 0 aliphatic carbocycles. The molecule has 3 aromatic heterocycles. The van der Waals surface area contributed by atoms with Crippen LogP contribution in [0.5, 0.6) is 0 Å². The highest BCUT2D eigenvalue weighted by molar-refractivity contribution is 7.84. The predicted octanol–water partition coefficient (Wildman–Crippen LogP) is -1.44. The maximum absolute atomic E-state index is 13.2. The molecule has 4 N–H and O–H groups in total. The monoisotopic (exact) mass is 607 g/mol. The number of aromatic nitrogens is 5. The zero-order chi connectivity index (χ0) is 30.3. The second-order valence-electron chi connectivity index (χ2n) is 9.56. The van der Waals surface area contributed by atoms with Gasteiger partial charge in [-0.3, -0.25) is 9.59 Å². The van der Waals surface area contributed by atoms with Crippen molar-refractivity contribution in [1.82, 2.24) is 29.6 Å². The molecule has 0 bridgehead atoms. The van der Waals surface area contributed by atoms with Gasteiger partial charge in [-0.05, 0) is 20.8 Å². The van der Waals surface area contributed by atoms with E-state index in [1.807, 2.05) is 30.8 Å². The van der Waals surface area contributed by atoms with E-state index in [2.05, 4.69) is 25.8 Å². The second kappa shape index (κ2) is 10.8. The lowest BCUT2D eigenvalue weighted by Crippen LogP contribution is -2.73. The van der Waals surface area contributed by atoms with Crippen LogP contribution < -0.4 is 15.6 Å². The highest BCUT2D eigenvalue weighted by Crippen LogP contribution is 2.26. The molecular formula is C22H25N9O8S2. The Hall–Kier alpha value is -4.49. The van der Waals surface area contributed by atoms with Crippen LogP contribution in [0.2, 0.25) is 0 Å². The van der Waals surface area contributed by atoms with Gasteiger partial charge in [-0.2, -0.15) is 0 Å². The largest absolute Gasteiger partial charge is 0.731 e. The van der Waals surface area contributed by atoms with E-state index in [1.54, 1.807) is 6.20 Å². The lowest BCUT2D eigenvalue weighted by atomic mass is 9.98. The van der Waals surface area contributed by atoms with Crippen LogP contribution in [0.15, 0.2) is 35.2 Å². The number of anilines is 1. The molecule has 1 aliphatic heterocycles. The number of oxime groups is 1. The molecule has 4 rings (SSSR count). The third kappa shape index (κ3) is 6.15. The van der Waals surface area contributed by atoms with Crippen molar-refractivity contribution in [3.8, 4) is 11.3 Å². The number of β-lactam (4-membered cyclic amide) rings is 1. The minimum absolute atomic E-state index is 0.0589. The molecular weight excluding hydrogens is 582 g/mol. The van der Waals surface area contributed by atoms with E-state index in [0.29, 0.717) is 5.69 Å². The first-order valence-corrected chi connectivity index (χ1v) is 14.0. The fourth-order valence-corrected chi connectivity index (χ4v) is 5.27. The Labute approximate surface area is 237 Å². The normalized spacial score (nSPS) is 17.7. The molecule has 2 atom stereocenters. The Morgan fingerprint density at radius 1 is 1.39 bits per heavy atom. The number of carboxylic acids is 1. The number of nitrogen functional groups attached to an aromatic ring is 1. The van der Waals surface area contributed by atoms with Gasteiger partial charge in [0, 0.05) is 22.6 Å². The van der Waals surface area contributed by atoms with E-state index in [4.69, 9.17) is 10.6 Å². The fraction of sp³-hybridized carbons (Fsp3) is 0.364.